The lowest BCUT2D eigenvalue weighted by Crippen LogP contribution is -2.48. The molecule has 2 aromatic rings. The number of carbonyl (C=O) groups is 2. The van der Waals surface area contributed by atoms with Crippen LogP contribution in [-0.4, -0.2) is 42.9 Å². The maximum absolute atomic E-state index is 13.7. The largest absolute Gasteiger partial charge is 0.497 e. The molecule has 33 heavy (non-hydrogen) atoms. The summed E-state index contributed by atoms with van der Waals surface area (Å²) in [6.45, 7) is 0. The van der Waals surface area contributed by atoms with Crippen molar-refractivity contribution < 1.29 is 19.1 Å². The number of hydrogen-bond acceptors (Lipinski definition) is 4. The van der Waals surface area contributed by atoms with Crippen molar-refractivity contribution in [3.63, 3.8) is 0 Å². The fourth-order valence-electron chi connectivity index (χ4n) is 5.41. The fourth-order valence-corrected chi connectivity index (χ4v) is 5.41. The Morgan fingerprint density at radius 1 is 0.727 bits per heavy atom. The summed E-state index contributed by atoms with van der Waals surface area (Å²) in [4.78, 5) is 29.1. The third-order valence-corrected chi connectivity index (χ3v) is 7.22. The Kier molecular flexibility index (Phi) is 7.69. The van der Waals surface area contributed by atoms with Crippen LogP contribution in [0.1, 0.15) is 90.5 Å². The van der Waals surface area contributed by atoms with E-state index in [0.29, 0.717) is 40.3 Å². The molecule has 2 saturated carbocycles. The second kappa shape index (κ2) is 10.9. The van der Waals surface area contributed by atoms with Crippen molar-refractivity contribution in [3.8, 4) is 11.5 Å². The molecule has 0 aromatic heterocycles. The van der Waals surface area contributed by atoms with Crippen LogP contribution in [0.5, 0.6) is 11.5 Å². The van der Waals surface area contributed by atoms with Gasteiger partial charge in [0, 0.05) is 23.2 Å². The Bertz CT molecular complexity index is 938. The van der Waals surface area contributed by atoms with Crippen LogP contribution in [0.3, 0.4) is 0 Å². The highest BCUT2D eigenvalue weighted by Crippen LogP contribution is 2.32. The summed E-state index contributed by atoms with van der Waals surface area (Å²) in [5, 5.41) is 0. The molecule has 0 unspecified atom stereocenters. The normalized spacial score (nSPS) is 17.4. The number of benzene rings is 2. The van der Waals surface area contributed by atoms with Gasteiger partial charge in [0.05, 0.1) is 19.8 Å². The van der Waals surface area contributed by atoms with Crippen LogP contribution < -0.4 is 9.47 Å². The fraction of sp³-hybridized carbons (Fsp3) is 0.500. The zero-order chi connectivity index (χ0) is 23.2. The maximum atomic E-state index is 13.7. The Hall–Kier alpha value is -2.82. The van der Waals surface area contributed by atoms with Gasteiger partial charge in [-0.3, -0.25) is 9.59 Å². The summed E-state index contributed by atoms with van der Waals surface area (Å²) < 4.78 is 10.7. The topological polar surface area (TPSA) is 55.8 Å². The van der Waals surface area contributed by atoms with Crippen LogP contribution in [0.2, 0.25) is 0 Å². The van der Waals surface area contributed by atoms with Crippen LogP contribution in [0.25, 0.3) is 0 Å². The van der Waals surface area contributed by atoms with Gasteiger partial charge in [-0.25, -0.2) is 0 Å². The molecule has 1 amide bonds. The molecule has 0 atom stereocenters. The summed E-state index contributed by atoms with van der Waals surface area (Å²) in [5.74, 6) is 1.07. The first kappa shape index (κ1) is 23.3. The van der Waals surface area contributed by atoms with Crippen LogP contribution in [0.4, 0.5) is 0 Å². The Morgan fingerprint density at radius 3 is 1.79 bits per heavy atom. The van der Waals surface area contributed by atoms with E-state index < -0.39 is 0 Å². The highest BCUT2D eigenvalue weighted by molar-refractivity contribution is 6.11. The van der Waals surface area contributed by atoms with Crippen molar-refractivity contribution in [1.82, 2.24) is 4.90 Å². The van der Waals surface area contributed by atoms with Gasteiger partial charge in [0.25, 0.3) is 5.91 Å². The minimum atomic E-state index is -0.152. The van der Waals surface area contributed by atoms with Crippen molar-refractivity contribution in [2.75, 3.05) is 14.2 Å². The van der Waals surface area contributed by atoms with E-state index in [2.05, 4.69) is 4.90 Å². The predicted molar refractivity (Wildman–Crippen MR) is 129 cm³/mol. The van der Waals surface area contributed by atoms with Gasteiger partial charge >= 0.3 is 0 Å². The monoisotopic (exact) mass is 449 g/mol. The number of amides is 1. The lowest BCUT2D eigenvalue weighted by Gasteiger charge is -2.42. The first-order valence-corrected chi connectivity index (χ1v) is 12.3. The molecular formula is C28H35NO4. The van der Waals surface area contributed by atoms with E-state index in [-0.39, 0.29) is 11.7 Å². The van der Waals surface area contributed by atoms with Crippen molar-refractivity contribution in [2.24, 2.45) is 0 Å². The van der Waals surface area contributed by atoms with Crippen molar-refractivity contribution in [1.29, 1.82) is 0 Å². The Labute approximate surface area is 197 Å². The standard InChI is InChI=1S/C28H35NO4/c1-32-24-17-18-26(33-2)25(19-24)27(30)20-13-15-21(16-14-20)28(31)29(22-9-5-3-6-10-22)23-11-7-4-8-12-23/h13-19,22-23H,3-12H2,1-2H3. The average Bonchev–Trinajstić information content (AvgIpc) is 2.89. The van der Waals surface area contributed by atoms with Gasteiger partial charge in [0.1, 0.15) is 11.5 Å². The van der Waals surface area contributed by atoms with E-state index >= 15 is 0 Å². The van der Waals surface area contributed by atoms with Gasteiger partial charge in [0.15, 0.2) is 5.78 Å². The summed E-state index contributed by atoms with van der Waals surface area (Å²) >= 11 is 0. The van der Waals surface area contributed by atoms with Gasteiger partial charge in [-0.15, -0.1) is 0 Å². The summed E-state index contributed by atoms with van der Waals surface area (Å²) in [5.41, 5.74) is 1.64. The zero-order valence-corrected chi connectivity index (χ0v) is 19.8. The molecule has 2 aromatic carbocycles. The molecule has 2 aliphatic carbocycles. The molecule has 176 valence electrons. The van der Waals surface area contributed by atoms with Gasteiger partial charge in [-0.1, -0.05) is 50.7 Å². The molecule has 4 rings (SSSR count). The third-order valence-electron chi connectivity index (χ3n) is 7.22. The third kappa shape index (κ3) is 5.23. The van der Waals surface area contributed by atoms with Crippen molar-refractivity contribution >= 4 is 11.7 Å². The second-order valence-electron chi connectivity index (χ2n) is 9.27. The second-order valence-corrected chi connectivity index (χ2v) is 9.27. The highest BCUT2D eigenvalue weighted by Gasteiger charge is 2.33. The molecule has 2 fully saturated rings. The number of nitrogens with zero attached hydrogens (tertiary/aromatic N) is 1. The van der Waals surface area contributed by atoms with E-state index in [1.54, 1.807) is 56.7 Å². The summed E-state index contributed by atoms with van der Waals surface area (Å²) in [6.07, 6.45) is 11.8. The van der Waals surface area contributed by atoms with E-state index in [9.17, 15) is 9.59 Å². The molecule has 0 bridgehead atoms. The molecule has 0 N–H and O–H groups in total. The molecular weight excluding hydrogens is 414 g/mol. The Morgan fingerprint density at radius 2 is 1.27 bits per heavy atom. The average molecular weight is 450 g/mol. The minimum absolute atomic E-state index is 0.117. The molecule has 5 heteroatoms. The first-order chi connectivity index (χ1) is 16.1. The molecule has 0 spiro atoms. The number of rotatable bonds is 7. The number of ether oxygens (including phenoxy) is 2. The summed E-state index contributed by atoms with van der Waals surface area (Å²) in [7, 11) is 3.12. The number of ketones is 1. The molecule has 0 saturated heterocycles. The molecule has 2 aliphatic rings. The van der Waals surface area contributed by atoms with Crippen molar-refractivity contribution in [2.45, 2.75) is 76.3 Å². The number of carbonyl (C=O) groups excluding carboxylic acids is 2. The number of hydrogen-bond donors (Lipinski definition) is 0. The van der Waals surface area contributed by atoms with Gasteiger partial charge in [-0.05, 0) is 56.0 Å². The van der Waals surface area contributed by atoms with E-state index in [0.717, 1.165) is 25.7 Å². The molecule has 0 heterocycles. The smallest absolute Gasteiger partial charge is 0.254 e. The minimum Gasteiger partial charge on any atom is -0.497 e. The zero-order valence-electron chi connectivity index (χ0n) is 19.8. The van der Waals surface area contributed by atoms with Gasteiger partial charge in [-0.2, -0.15) is 0 Å². The van der Waals surface area contributed by atoms with Crippen LogP contribution in [0.15, 0.2) is 42.5 Å². The lowest BCUT2D eigenvalue weighted by molar-refractivity contribution is 0.0448. The lowest BCUT2D eigenvalue weighted by atomic mass is 9.88. The molecule has 0 radical (unpaired) electrons. The van der Waals surface area contributed by atoms with E-state index in [1.807, 2.05) is 0 Å². The Balaban J connectivity index is 1.57. The first-order valence-electron chi connectivity index (χ1n) is 12.3. The maximum Gasteiger partial charge on any atom is 0.254 e. The van der Waals surface area contributed by atoms with E-state index in [4.69, 9.17) is 9.47 Å². The quantitative estimate of drug-likeness (QED) is 0.484. The van der Waals surface area contributed by atoms with Gasteiger partial charge in [0.2, 0.25) is 0 Å². The molecule has 5 nitrogen and oxygen atoms in total. The van der Waals surface area contributed by atoms with Gasteiger partial charge < -0.3 is 14.4 Å². The predicted octanol–water partition coefficient (Wildman–Crippen LogP) is 6.04. The molecule has 0 aliphatic heterocycles. The van der Waals surface area contributed by atoms with E-state index in [1.165, 1.54) is 38.5 Å². The SMILES string of the molecule is COc1ccc(OC)c(C(=O)c2ccc(C(=O)N(C3CCCCC3)C3CCCCC3)cc2)c1. The van der Waals surface area contributed by atoms with Crippen molar-refractivity contribution in [3.05, 3.63) is 59.2 Å². The highest BCUT2D eigenvalue weighted by atomic mass is 16.5. The number of methoxy groups -OCH3 is 2. The van der Waals surface area contributed by atoms with Crippen LogP contribution in [0, 0.1) is 0 Å². The van der Waals surface area contributed by atoms with Crippen LogP contribution in [-0.2, 0) is 0 Å². The van der Waals surface area contributed by atoms with Crippen LogP contribution >= 0.6 is 0 Å². The summed E-state index contributed by atoms with van der Waals surface area (Å²) in [6, 6.07) is 13.0.